The lowest BCUT2D eigenvalue weighted by Crippen LogP contribution is -2.20. The smallest absolute Gasteiger partial charge is 0.345 e. The van der Waals surface area contributed by atoms with Crippen molar-refractivity contribution < 1.29 is 23.8 Å². The highest BCUT2D eigenvalue weighted by Gasteiger charge is 2.37. The summed E-state index contributed by atoms with van der Waals surface area (Å²) in [5.41, 5.74) is -0.0191. The summed E-state index contributed by atoms with van der Waals surface area (Å²) in [6, 6.07) is 0. The van der Waals surface area contributed by atoms with Crippen LogP contribution in [0.5, 0.6) is 0 Å². The number of ether oxygens (including phenoxy) is 3. The van der Waals surface area contributed by atoms with Gasteiger partial charge in [0.1, 0.15) is 17.9 Å². The van der Waals surface area contributed by atoms with Crippen molar-refractivity contribution in [3.8, 4) is 0 Å². The van der Waals surface area contributed by atoms with E-state index in [1.165, 1.54) is 21.3 Å². The molecule has 0 spiro atoms. The highest BCUT2D eigenvalue weighted by atomic mass is 16.5. The van der Waals surface area contributed by atoms with Gasteiger partial charge in [0.15, 0.2) is 5.78 Å². The highest BCUT2D eigenvalue weighted by Crippen LogP contribution is 2.33. The number of Topliss-reactive ketones (excluding diaryl/α,β-unsaturated/α-hetero) is 1. The van der Waals surface area contributed by atoms with Crippen LogP contribution in [-0.2, 0) is 23.8 Å². The quantitative estimate of drug-likeness (QED) is 0.220. The summed E-state index contributed by atoms with van der Waals surface area (Å²) in [6.07, 6.45) is 1.65. The summed E-state index contributed by atoms with van der Waals surface area (Å²) in [6.45, 7) is 0.0827. The molecule has 0 amide bonds. The van der Waals surface area contributed by atoms with E-state index in [0.29, 0.717) is 0 Å². The van der Waals surface area contributed by atoms with Crippen LogP contribution in [0.2, 0.25) is 0 Å². The first-order valence-electron chi connectivity index (χ1n) is 5.04. The third kappa shape index (κ3) is 2.82. The van der Waals surface area contributed by atoms with Crippen molar-refractivity contribution in [2.45, 2.75) is 12.8 Å². The molecule has 0 bridgehead atoms. The minimum Gasteiger partial charge on any atom is -0.498 e. The summed E-state index contributed by atoms with van der Waals surface area (Å²) in [5, 5.41) is 0. The third-order valence-electron chi connectivity index (χ3n) is 2.38. The third-order valence-corrected chi connectivity index (χ3v) is 2.38. The zero-order valence-corrected chi connectivity index (χ0v) is 9.74. The lowest BCUT2D eigenvalue weighted by atomic mass is 10.1. The molecule has 0 saturated heterocycles. The number of hydrogen-bond acceptors (Lipinski definition) is 5. The summed E-state index contributed by atoms with van der Waals surface area (Å²) < 4.78 is 14.5. The van der Waals surface area contributed by atoms with E-state index in [1.54, 1.807) is 0 Å². The molecule has 0 aromatic heterocycles. The first-order chi connectivity index (χ1) is 7.65. The lowest BCUT2D eigenvalue weighted by molar-refractivity contribution is -0.138. The largest absolute Gasteiger partial charge is 0.498 e. The molecule has 5 nitrogen and oxygen atoms in total. The van der Waals surface area contributed by atoms with Gasteiger partial charge in [0, 0.05) is 13.0 Å². The monoisotopic (exact) mass is 228 g/mol. The summed E-state index contributed by atoms with van der Waals surface area (Å²) >= 11 is 0. The van der Waals surface area contributed by atoms with Gasteiger partial charge in [0.25, 0.3) is 0 Å². The number of methoxy groups -OCH3 is 3. The highest BCUT2D eigenvalue weighted by molar-refractivity contribution is 6.19. The maximum Gasteiger partial charge on any atom is 0.345 e. The van der Waals surface area contributed by atoms with Gasteiger partial charge >= 0.3 is 5.97 Å². The van der Waals surface area contributed by atoms with Gasteiger partial charge < -0.3 is 14.2 Å². The van der Waals surface area contributed by atoms with Crippen molar-refractivity contribution in [1.29, 1.82) is 0 Å². The molecule has 0 aromatic carbocycles. The minimum atomic E-state index is -0.661. The fourth-order valence-corrected chi connectivity index (χ4v) is 1.37. The van der Waals surface area contributed by atoms with Crippen molar-refractivity contribution in [3.63, 3.8) is 0 Å². The molecule has 0 aromatic rings. The zero-order valence-electron chi connectivity index (χ0n) is 9.74. The molecule has 1 aliphatic rings. The van der Waals surface area contributed by atoms with E-state index in [1.807, 2.05) is 0 Å². The van der Waals surface area contributed by atoms with Gasteiger partial charge in [0.2, 0.25) is 0 Å². The van der Waals surface area contributed by atoms with Crippen LogP contribution in [-0.4, -0.2) is 39.7 Å². The molecule has 16 heavy (non-hydrogen) atoms. The Kier molecular flexibility index (Phi) is 4.49. The maximum absolute atomic E-state index is 11.9. The number of hydrogen-bond donors (Lipinski definition) is 0. The summed E-state index contributed by atoms with van der Waals surface area (Å²) in [5.74, 6) is -0.700. The summed E-state index contributed by atoms with van der Waals surface area (Å²) in [7, 11) is 4.11. The van der Waals surface area contributed by atoms with Crippen molar-refractivity contribution in [2.24, 2.45) is 5.92 Å². The second-order valence-electron chi connectivity index (χ2n) is 3.57. The molecule has 0 unspecified atom stereocenters. The minimum absolute atomic E-state index is 0.0191. The zero-order chi connectivity index (χ0) is 12.1. The Morgan fingerprint density at radius 1 is 1.12 bits per heavy atom. The average Bonchev–Trinajstić information content (AvgIpc) is 3.11. The van der Waals surface area contributed by atoms with Gasteiger partial charge in [-0.2, -0.15) is 0 Å². The molecule has 1 aliphatic carbocycles. The van der Waals surface area contributed by atoms with E-state index in [4.69, 9.17) is 9.47 Å². The molecule has 1 saturated carbocycles. The average molecular weight is 228 g/mol. The molecule has 0 heterocycles. The van der Waals surface area contributed by atoms with Crippen molar-refractivity contribution in [3.05, 3.63) is 11.3 Å². The molecular weight excluding hydrogens is 212 g/mol. The van der Waals surface area contributed by atoms with Gasteiger partial charge in [-0.15, -0.1) is 0 Å². The molecular formula is C11H16O5. The van der Waals surface area contributed by atoms with Crippen LogP contribution < -0.4 is 0 Å². The number of esters is 1. The Balaban J connectivity index is 2.99. The van der Waals surface area contributed by atoms with E-state index in [-0.39, 0.29) is 29.6 Å². The Morgan fingerprint density at radius 2 is 1.75 bits per heavy atom. The first-order valence-corrected chi connectivity index (χ1v) is 5.04. The van der Waals surface area contributed by atoms with Gasteiger partial charge in [-0.1, -0.05) is 0 Å². The molecule has 0 N–H and O–H groups in total. The number of carbonyl (C=O) groups is 2. The first kappa shape index (κ1) is 12.7. The molecule has 5 heteroatoms. The van der Waals surface area contributed by atoms with Gasteiger partial charge in [-0.3, -0.25) is 4.79 Å². The normalized spacial score (nSPS) is 16.4. The lowest BCUT2D eigenvalue weighted by Gasteiger charge is -2.10. The van der Waals surface area contributed by atoms with Crippen LogP contribution in [0.1, 0.15) is 12.8 Å². The summed E-state index contributed by atoms with van der Waals surface area (Å²) in [4.78, 5) is 23.4. The second-order valence-corrected chi connectivity index (χ2v) is 3.57. The Bertz CT molecular complexity index is 314. The predicted octanol–water partition coefficient (Wildman–Crippen LogP) is 0.685. The molecule has 90 valence electrons. The van der Waals surface area contributed by atoms with Gasteiger partial charge in [-0.05, 0) is 12.8 Å². The van der Waals surface area contributed by atoms with Crippen LogP contribution in [0.4, 0.5) is 0 Å². The fraction of sp³-hybridized carbons (Fsp3) is 0.636. The molecule has 1 fully saturated rings. The number of rotatable bonds is 6. The Morgan fingerprint density at radius 3 is 2.12 bits per heavy atom. The van der Waals surface area contributed by atoms with Crippen LogP contribution in [0, 0.1) is 5.92 Å². The van der Waals surface area contributed by atoms with Crippen molar-refractivity contribution >= 4 is 11.8 Å². The van der Waals surface area contributed by atoms with Crippen LogP contribution >= 0.6 is 0 Å². The maximum atomic E-state index is 11.9. The van der Waals surface area contributed by atoms with E-state index < -0.39 is 5.97 Å². The Labute approximate surface area is 94.4 Å². The van der Waals surface area contributed by atoms with Crippen molar-refractivity contribution in [1.82, 2.24) is 0 Å². The van der Waals surface area contributed by atoms with E-state index in [0.717, 1.165) is 12.8 Å². The number of carbonyl (C=O) groups excluding carboxylic acids is 2. The standard InChI is InChI=1S/C11H16O5/c1-14-6-8(15-2)9(11(13)16-3)10(12)7-4-5-7/h7H,4-6H2,1-3H3/b9-8+. The fourth-order valence-electron chi connectivity index (χ4n) is 1.37. The topological polar surface area (TPSA) is 61.8 Å². The number of ketones is 1. The molecule has 0 atom stereocenters. The predicted molar refractivity (Wildman–Crippen MR) is 55.7 cm³/mol. The van der Waals surface area contributed by atoms with Gasteiger partial charge in [0.05, 0.1) is 14.2 Å². The van der Waals surface area contributed by atoms with Crippen LogP contribution in [0.25, 0.3) is 0 Å². The molecule has 0 radical (unpaired) electrons. The van der Waals surface area contributed by atoms with Gasteiger partial charge in [-0.25, -0.2) is 4.79 Å². The van der Waals surface area contributed by atoms with Crippen LogP contribution in [0.3, 0.4) is 0 Å². The SMILES string of the molecule is COC/C(OC)=C(\C(=O)OC)C(=O)C1CC1. The van der Waals surface area contributed by atoms with E-state index >= 15 is 0 Å². The molecule has 1 rings (SSSR count). The molecule has 0 aliphatic heterocycles. The second kappa shape index (κ2) is 5.65. The van der Waals surface area contributed by atoms with E-state index in [9.17, 15) is 9.59 Å². The Hall–Kier alpha value is -1.36. The van der Waals surface area contributed by atoms with E-state index in [2.05, 4.69) is 4.74 Å². The van der Waals surface area contributed by atoms with Crippen LogP contribution in [0.15, 0.2) is 11.3 Å². The van der Waals surface area contributed by atoms with Crippen molar-refractivity contribution in [2.75, 3.05) is 27.9 Å².